The number of aliphatic hydroxyl groups is 4. The summed E-state index contributed by atoms with van der Waals surface area (Å²) in [5.74, 6) is 0. The average Bonchev–Trinajstić information content (AvgIpc) is 2.84. The van der Waals surface area contributed by atoms with Crippen LogP contribution in [0.2, 0.25) is 0 Å². The molecule has 0 saturated carbocycles. The van der Waals surface area contributed by atoms with Crippen molar-refractivity contribution in [2.75, 3.05) is 6.61 Å². The van der Waals surface area contributed by atoms with Crippen LogP contribution >= 0.6 is 7.05 Å². The van der Waals surface area contributed by atoms with Crippen LogP contribution in [-0.2, 0) is 4.74 Å². The van der Waals surface area contributed by atoms with E-state index in [2.05, 4.69) is 0 Å². The zero-order valence-corrected chi connectivity index (χ0v) is 17.7. The molecule has 0 aromatic heterocycles. The van der Waals surface area contributed by atoms with Crippen molar-refractivity contribution in [2.24, 2.45) is 4.74 Å². The zero-order valence-electron chi connectivity index (χ0n) is 16.8. The van der Waals surface area contributed by atoms with Gasteiger partial charge in [-0.05, 0) is 0 Å². The molecular weight excluding hydrogens is 413 g/mol. The summed E-state index contributed by atoms with van der Waals surface area (Å²) in [5, 5.41) is 43.8. The van der Waals surface area contributed by atoms with Gasteiger partial charge in [0.2, 0.25) is 0 Å². The molecule has 162 valence electrons. The standard InChI is InChI=1S/C24H26NO5P/c26-16-20-21(27)22(28)23(29)24(30-20)25-31(17-10-4-1-5-11-17,18-12-6-2-7-13-18)19-14-8-3-9-15-19/h1-15,20-24,26-29H,16H2/t20-,21-,22+,23-,24-/m1/s1. The van der Waals surface area contributed by atoms with Gasteiger partial charge in [0.1, 0.15) is 24.4 Å². The van der Waals surface area contributed by atoms with Crippen LogP contribution in [0.15, 0.2) is 95.7 Å². The second-order valence-corrected chi connectivity index (χ2v) is 10.5. The van der Waals surface area contributed by atoms with Crippen molar-refractivity contribution < 1.29 is 25.2 Å². The number of benzene rings is 3. The first-order valence-electron chi connectivity index (χ1n) is 10.2. The minimum absolute atomic E-state index is 0.496. The van der Waals surface area contributed by atoms with E-state index in [0.717, 1.165) is 15.9 Å². The lowest BCUT2D eigenvalue weighted by Crippen LogP contribution is -2.58. The summed E-state index contributed by atoms with van der Waals surface area (Å²) in [4.78, 5) is 0. The molecule has 1 saturated heterocycles. The van der Waals surface area contributed by atoms with E-state index < -0.39 is 44.3 Å². The van der Waals surface area contributed by atoms with Gasteiger partial charge >= 0.3 is 0 Å². The van der Waals surface area contributed by atoms with E-state index >= 15 is 0 Å². The van der Waals surface area contributed by atoms with Crippen LogP contribution in [0.5, 0.6) is 0 Å². The van der Waals surface area contributed by atoms with E-state index in [4.69, 9.17) is 9.48 Å². The third-order valence-electron chi connectivity index (χ3n) is 5.54. The summed E-state index contributed by atoms with van der Waals surface area (Å²) in [6.07, 6.45) is -6.50. The summed E-state index contributed by atoms with van der Waals surface area (Å²) in [6.45, 7) is -0.496. The Hall–Kier alpha value is -2.31. The number of aliphatic hydroxyl groups excluding tert-OH is 4. The van der Waals surface area contributed by atoms with Gasteiger partial charge in [-0.3, -0.25) is 4.74 Å². The molecule has 0 amide bonds. The first-order chi connectivity index (χ1) is 15.1. The Morgan fingerprint density at radius 1 is 0.645 bits per heavy atom. The highest BCUT2D eigenvalue weighted by Crippen LogP contribution is 2.48. The Balaban J connectivity index is 2.01. The maximum Gasteiger partial charge on any atom is 0.176 e. The third kappa shape index (κ3) is 4.11. The van der Waals surface area contributed by atoms with Crippen molar-refractivity contribution >= 4 is 23.0 Å². The van der Waals surface area contributed by atoms with Crippen LogP contribution in [0.1, 0.15) is 0 Å². The first-order valence-corrected chi connectivity index (χ1v) is 11.9. The Labute approximate surface area is 181 Å². The van der Waals surface area contributed by atoms with Crippen LogP contribution in [0, 0.1) is 0 Å². The van der Waals surface area contributed by atoms with Crippen molar-refractivity contribution in [2.45, 2.75) is 30.6 Å². The monoisotopic (exact) mass is 439 g/mol. The highest BCUT2D eigenvalue weighted by Gasteiger charge is 2.44. The maximum absolute atomic E-state index is 10.7. The molecule has 5 atom stereocenters. The lowest BCUT2D eigenvalue weighted by molar-refractivity contribution is -0.226. The van der Waals surface area contributed by atoms with Crippen molar-refractivity contribution in [1.29, 1.82) is 0 Å². The lowest BCUT2D eigenvalue weighted by atomic mass is 9.99. The molecule has 1 aliphatic heterocycles. The van der Waals surface area contributed by atoms with Crippen LogP contribution in [0.4, 0.5) is 0 Å². The second kappa shape index (κ2) is 9.45. The molecule has 0 bridgehead atoms. The number of rotatable bonds is 5. The predicted molar refractivity (Wildman–Crippen MR) is 121 cm³/mol. The molecular formula is C24H26NO5P. The molecule has 1 fully saturated rings. The summed E-state index contributed by atoms with van der Waals surface area (Å²) < 4.78 is 10.9. The van der Waals surface area contributed by atoms with E-state index in [0.29, 0.717) is 0 Å². The number of hydrogen-bond donors (Lipinski definition) is 4. The lowest BCUT2D eigenvalue weighted by Gasteiger charge is -2.40. The van der Waals surface area contributed by atoms with E-state index in [1.54, 1.807) is 0 Å². The van der Waals surface area contributed by atoms with E-state index in [1.807, 2.05) is 91.0 Å². The quantitative estimate of drug-likeness (QED) is 0.444. The molecule has 4 N–H and O–H groups in total. The minimum atomic E-state index is -2.68. The highest BCUT2D eigenvalue weighted by atomic mass is 31.2. The molecule has 1 heterocycles. The van der Waals surface area contributed by atoms with Crippen LogP contribution < -0.4 is 15.9 Å². The number of nitrogens with zero attached hydrogens (tertiary/aromatic N) is 1. The van der Waals surface area contributed by atoms with Crippen molar-refractivity contribution in [3.8, 4) is 0 Å². The van der Waals surface area contributed by atoms with E-state index in [1.165, 1.54) is 0 Å². The Kier molecular flexibility index (Phi) is 6.68. The van der Waals surface area contributed by atoms with Gasteiger partial charge in [-0.15, -0.1) is 0 Å². The largest absolute Gasteiger partial charge is 0.394 e. The van der Waals surface area contributed by atoms with E-state index in [9.17, 15) is 20.4 Å². The number of hydrogen-bond acceptors (Lipinski definition) is 6. The molecule has 6 nitrogen and oxygen atoms in total. The molecule has 0 aliphatic carbocycles. The molecule has 31 heavy (non-hydrogen) atoms. The Morgan fingerprint density at radius 2 is 1.06 bits per heavy atom. The van der Waals surface area contributed by atoms with Crippen molar-refractivity contribution in [3.05, 3.63) is 91.0 Å². The fraction of sp³-hybridized carbons (Fsp3) is 0.250. The molecule has 7 heteroatoms. The smallest absolute Gasteiger partial charge is 0.176 e. The molecule has 0 unspecified atom stereocenters. The molecule has 0 spiro atoms. The molecule has 3 aromatic rings. The van der Waals surface area contributed by atoms with Gasteiger partial charge < -0.3 is 25.2 Å². The summed E-state index contributed by atoms with van der Waals surface area (Å²) in [6, 6.07) is 29.5. The molecule has 1 aliphatic rings. The SMILES string of the molecule is OC[C@H]1O[C@@H](N=P(c2ccccc2)(c2ccccc2)c2ccccc2)[C@H](O)[C@@H](O)[C@@H]1O. The molecule has 3 aromatic carbocycles. The average molecular weight is 439 g/mol. The highest BCUT2D eigenvalue weighted by molar-refractivity contribution is 7.87. The third-order valence-corrected chi connectivity index (χ3v) is 9.25. The fourth-order valence-electron chi connectivity index (χ4n) is 3.93. The maximum atomic E-state index is 10.7. The van der Waals surface area contributed by atoms with Gasteiger partial charge in [0, 0.05) is 15.9 Å². The van der Waals surface area contributed by atoms with Crippen molar-refractivity contribution in [3.63, 3.8) is 0 Å². The molecule has 0 radical (unpaired) electrons. The Bertz CT molecular complexity index is 926. The van der Waals surface area contributed by atoms with Crippen LogP contribution in [0.3, 0.4) is 0 Å². The van der Waals surface area contributed by atoms with Gasteiger partial charge in [0.05, 0.1) is 13.7 Å². The van der Waals surface area contributed by atoms with Crippen LogP contribution in [-0.4, -0.2) is 57.7 Å². The van der Waals surface area contributed by atoms with Crippen molar-refractivity contribution in [1.82, 2.24) is 0 Å². The van der Waals surface area contributed by atoms with Gasteiger partial charge in [-0.2, -0.15) is 0 Å². The minimum Gasteiger partial charge on any atom is -0.394 e. The number of ether oxygens (including phenoxy) is 1. The normalized spacial score (nSPS) is 26.4. The first kappa shape index (κ1) is 21.9. The summed E-state index contributed by atoms with van der Waals surface area (Å²) in [7, 11) is -2.68. The second-order valence-electron chi connectivity index (χ2n) is 7.48. The van der Waals surface area contributed by atoms with Gasteiger partial charge in [-0.25, -0.2) is 0 Å². The fourth-order valence-corrected chi connectivity index (χ4v) is 7.56. The van der Waals surface area contributed by atoms with Gasteiger partial charge in [-0.1, -0.05) is 91.0 Å². The summed E-state index contributed by atoms with van der Waals surface area (Å²) >= 11 is 0. The van der Waals surface area contributed by atoms with Gasteiger partial charge in [0.25, 0.3) is 0 Å². The topological polar surface area (TPSA) is 103 Å². The van der Waals surface area contributed by atoms with Gasteiger partial charge in [0.15, 0.2) is 6.23 Å². The van der Waals surface area contributed by atoms with Crippen LogP contribution in [0.25, 0.3) is 0 Å². The Morgan fingerprint density at radius 3 is 1.45 bits per heavy atom. The molecule has 4 rings (SSSR count). The zero-order chi connectivity index (χ0) is 21.8. The van der Waals surface area contributed by atoms with E-state index in [-0.39, 0.29) is 0 Å². The summed E-state index contributed by atoms with van der Waals surface area (Å²) in [5.41, 5.74) is 0. The predicted octanol–water partition coefficient (Wildman–Crippen LogP) is 0.964.